The Morgan fingerprint density at radius 1 is 0.592 bits per heavy atom. The molecule has 0 aliphatic carbocycles. The largest absolute Gasteiger partial charge is 0.480 e. The molecule has 8 aromatic rings. The summed E-state index contributed by atoms with van der Waals surface area (Å²) < 4.78 is 47.5. The van der Waals surface area contributed by atoms with Crippen molar-refractivity contribution in [2.24, 2.45) is 0 Å². The number of ether oxygens (including phenoxy) is 7. The first-order valence-corrected chi connectivity index (χ1v) is 23.8. The van der Waals surface area contributed by atoms with Crippen molar-refractivity contribution in [2.45, 2.75) is 129 Å². The van der Waals surface area contributed by atoms with Crippen LogP contribution in [0.4, 0.5) is 11.6 Å². The lowest BCUT2D eigenvalue weighted by Gasteiger charge is -2.25. The molecule has 0 radical (unpaired) electrons. The highest BCUT2D eigenvalue weighted by Crippen LogP contribution is 2.47. The molecule has 0 bridgehead atoms. The normalized spacial score (nSPS) is 24.9. The molecule has 12 rings (SSSR count). The van der Waals surface area contributed by atoms with Gasteiger partial charge in [-0.1, -0.05) is 73.9 Å². The van der Waals surface area contributed by atoms with Gasteiger partial charge in [0, 0.05) is 23.2 Å². The van der Waals surface area contributed by atoms with Gasteiger partial charge in [0.15, 0.2) is 24.0 Å². The number of fused-ring (bicyclic) bond motifs is 6. The molecule has 6 aromatic heterocycles. The number of aromatic nitrogens is 8. The third kappa shape index (κ3) is 9.55. The van der Waals surface area contributed by atoms with Gasteiger partial charge in [0.2, 0.25) is 5.88 Å². The molecule has 20 heteroatoms. The molecular formula is C51H57Cl3N10O7. The molecule has 4 fully saturated rings. The van der Waals surface area contributed by atoms with Crippen LogP contribution in [0.25, 0.3) is 43.9 Å². The fourth-order valence-electron chi connectivity index (χ4n) is 10.0. The Balaban J connectivity index is 0.000000171. The molecule has 4 aliphatic rings. The highest BCUT2D eigenvalue weighted by atomic mass is 35.5. The quantitative estimate of drug-likeness (QED) is 0.129. The Morgan fingerprint density at radius 2 is 1.04 bits per heavy atom. The summed E-state index contributed by atoms with van der Waals surface area (Å²) >= 11 is 18.5. The van der Waals surface area contributed by atoms with Gasteiger partial charge >= 0.3 is 0 Å². The number of halogens is 3. The molecule has 4 N–H and O–H groups in total. The summed E-state index contributed by atoms with van der Waals surface area (Å²) in [6.45, 7) is 7.72. The van der Waals surface area contributed by atoms with E-state index in [4.69, 9.17) is 79.4 Å². The smallest absolute Gasteiger partial charge is 0.225 e. The number of methoxy groups -OCH3 is 1. The number of pyridine rings is 2. The first kappa shape index (κ1) is 50.5. The van der Waals surface area contributed by atoms with E-state index in [-0.39, 0.29) is 63.9 Å². The molecule has 0 amide bonds. The summed E-state index contributed by atoms with van der Waals surface area (Å²) in [4.78, 5) is 26.0. The van der Waals surface area contributed by atoms with E-state index in [1.165, 1.54) is 12.7 Å². The number of nitrogen functional groups attached to an aromatic ring is 2. The number of benzene rings is 2. The van der Waals surface area contributed by atoms with Gasteiger partial charge in [-0.3, -0.25) is 0 Å². The van der Waals surface area contributed by atoms with Crippen molar-refractivity contribution in [2.75, 3.05) is 18.6 Å². The number of hydrogen-bond acceptors (Lipinski definition) is 15. The van der Waals surface area contributed by atoms with Crippen molar-refractivity contribution in [3.05, 3.63) is 112 Å². The molecule has 0 spiro atoms. The first-order chi connectivity index (χ1) is 33.1. The Bertz CT molecular complexity index is 3260. The number of rotatable bonds is 9. The van der Waals surface area contributed by atoms with Crippen LogP contribution in [0.3, 0.4) is 0 Å². The highest BCUT2D eigenvalue weighted by molar-refractivity contribution is 6.34. The fraction of sp³-hybridized carbons (Fsp3) is 0.412. The molecule has 2 aromatic carbocycles. The lowest BCUT2D eigenvalue weighted by atomic mass is 10.0. The minimum absolute atomic E-state index is 0. The molecule has 10 heterocycles. The Morgan fingerprint density at radius 3 is 1.54 bits per heavy atom. The molecule has 17 nitrogen and oxygen atoms in total. The van der Waals surface area contributed by atoms with E-state index in [9.17, 15) is 0 Å². The molecule has 4 aliphatic heterocycles. The van der Waals surface area contributed by atoms with Crippen molar-refractivity contribution in [3.8, 4) is 5.88 Å². The maximum absolute atomic E-state index is 6.55. The van der Waals surface area contributed by atoms with Gasteiger partial charge in [0.25, 0.3) is 0 Å². The molecule has 71 heavy (non-hydrogen) atoms. The zero-order valence-corrected chi connectivity index (χ0v) is 40.5. The maximum atomic E-state index is 6.55. The minimum Gasteiger partial charge on any atom is -0.480 e. The topological polar surface area (TPSA) is 204 Å². The van der Waals surface area contributed by atoms with Gasteiger partial charge in [-0.2, -0.15) is 0 Å². The molecule has 0 unspecified atom stereocenters. The lowest BCUT2D eigenvalue weighted by molar-refractivity contribution is -0.197. The van der Waals surface area contributed by atoms with Crippen LogP contribution >= 0.6 is 34.8 Å². The third-order valence-electron chi connectivity index (χ3n) is 13.1. The summed E-state index contributed by atoms with van der Waals surface area (Å²) in [5.41, 5.74) is 17.1. The Labute approximate surface area is 426 Å². The van der Waals surface area contributed by atoms with Gasteiger partial charge in [-0.05, 0) is 101 Å². The van der Waals surface area contributed by atoms with E-state index in [1.807, 2.05) is 97.8 Å². The van der Waals surface area contributed by atoms with Crippen LogP contribution < -0.4 is 16.2 Å². The van der Waals surface area contributed by atoms with Crippen molar-refractivity contribution >= 4 is 90.3 Å². The van der Waals surface area contributed by atoms with E-state index in [2.05, 4.69) is 42.0 Å². The average Bonchev–Trinajstić information content (AvgIpc) is 4.17. The predicted molar refractivity (Wildman–Crippen MR) is 275 cm³/mol. The first-order valence-electron chi connectivity index (χ1n) is 22.7. The molecular weight excluding hydrogens is 971 g/mol. The van der Waals surface area contributed by atoms with Gasteiger partial charge in [0.05, 0.1) is 51.2 Å². The van der Waals surface area contributed by atoms with Crippen LogP contribution in [-0.2, 0) is 41.3 Å². The summed E-state index contributed by atoms with van der Waals surface area (Å²) in [6, 6.07) is 19.8. The van der Waals surface area contributed by atoms with E-state index < -0.39 is 11.6 Å². The van der Waals surface area contributed by atoms with Crippen LogP contribution in [0.15, 0.2) is 85.7 Å². The predicted octanol–water partition coefficient (Wildman–Crippen LogP) is 10.5. The standard InChI is InChI=1S/C25H26ClN5O4.C24H23Cl2N5O3.2CH4/c1-25(2)34-19-18(7-5-13-4-6-14-11-16(26)21(27)30-17(14)10-13)33-24(20(19)35-25)31-9-8-15-22(31)28-12-29-23(15)32-3;1-24(2)33-18-17(6-4-12-3-5-13-10-15(25)21(27)30-16(13)9-12)32-23(19(18)34-24)31-8-7-14-20(26)28-11-29-22(14)31;;/h4,6,8-12,18-20,24H,5,7H2,1-3H3,(H2,27,30);3,5,7-11,17-19,23H,4,6H2,1-2H3,(H2,27,30);2*1H4/t18-,19-,20-,24-;17-,18-,19-,23-;;/m11../s1. The summed E-state index contributed by atoms with van der Waals surface area (Å²) in [6.07, 6.45) is 7.81. The van der Waals surface area contributed by atoms with Gasteiger partial charge in [-0.15, -0.1) is 0 Å². The van der Waals surface area contributed by atoms with Gasteiger partial charge < -0.3 is 53.8 Å². The zero-order chi connectivity index (χ0) is 47.9. The monoisotopic (exact) mass is 1030 g/mol. The Kier molecular flexibility index (Phi) is 13.9. The van der Waals surface area contributed by atoms with Crippen LogP contribution in [0, 0.1) is 0 Å². The Hall–Kier alpha value is -5.47. The van der Waals surface area contributed by atoms with Crippen molar-refractivity contribution in [1.82, 2.24) is 39.0 Å². The van der Waals surface area contributed by atoms with E-state index in [0.29, 0.717) is 38.4 Å². The van der Waals surface area contributed by atoms with Crippen LogP contribution in [0.2, 0.25) is 15.2 Å². The van der Waals surface area contributed by atoms with Crippen LogP contribution in [0.1, 0.15) is 79.0 Å². The number of nitrogens with zero attached hydrogens (tertiary/aromatic N) is 8. The number of hydrogen-bond donors (Lipinski definition) is 2. The summed E-state index contributed by atoms with van der Waals surface area (Å²) in [5, 5.41) is 4.83. The van der Waals surface area contributed by atoms with Crippen molar-refractivity contribution in [3.63, 3.8) is 0 Å². The van der Waals surface area contributed by atoms with Gasteiger partial charge in [0.1, 0.15) is 65.2 Å². The minimum atomic E-state index is -0.700. The van der Waals surface area contributed by atoms with Crippen LogP contribution in [-0.4, -0.2) is 94.3 Å². The molecule has 8 atom stereocenters. The average molecular weight is 1030 g/mol. The van der Waals surface area contributed by atoms with Gasteiger partial charge in [-0.25, -0.2) is 29.9 Å². The van der Waals surface area contributed by atoms with Crippen LogP contribution in [0.5, 0.6) is 5.88 Å². The molecule has 0 saturated carbocycles. The number of anilines is 2. The summed E-state index contributed by atoms with van der Waals surface area (Å²) in [7, 11) is 1.60. The maximum Gasteiger partial charge on any atom is 0.225 e. The lowest BCUT2D eigenvalue weighted by Crippen LogP contribution is -2.29. The molecule has 4 saturated heterocycles. The highest BCUT2D eigenvalue weighted by Gasteiger charge is 2.57. The number of aryl methyl sites for hydroxylation is 2. The van der Waals surface area contributed by atoms with E-state index >= 15 is 0 Å². The third-order valence-corrected chi connectivity index (χ3v) is 14.0. The fourth-order valence-corrected chi connectivity index (χ4v) is 10.5. The van der Waals surface area contributed by atoms with Crippen molar-refractivity contribution < 1.29 is 33.2 Å². The number of nitrogens with two attached hydrogens (primary N) is 2. The van der Waals surface area contributed by atoms with E-state index in [1.54, 1.807) is 7.11 Å². The second kappa shape index (κ2) is 19.5. The second-order valence-electron chi connectivity index (χ2n) is 18.6. The SMILES string of the molecule is C.C.CC1(C)O[C@@H]2[C@H](O1)[C@@H](CCc1ccc3cc(Cl)c(N)nc3c1)O[C@H]2n1ccc2c(Cl)ncnc21.COc1ncnc2c1ccn2[C@@H]1O[C@H](CCc2ccc3cc(Cl)c(N)nc3c2)[C@H]2OC(C)(C)O[C@H]21. The summed E-state index contributed by atoms with van der Waals surface area (Å²) in [5.74, 6) is -0.211. The van der Waals surface area contributed by atoms with Crippen molar-refractivity contribution in [1.29, 1.82) is 0 Å². The van der Waals surface area contributed by atoms with E-state index in [0.717, 1.165) is 75.0 Å². The second-order valence-corrected chi connectivity index (χ2v) is 19.7. The molecule has 374 valence electrons. The zero-order valence-electron chi connectivity index (χ0n) is 38.3.